The second kappa shape index (κ2) is 12.1. The van der Waals surface area contributed by atoms with Gasteiger partial charge in [0, 0.05) is 23.2 Å². The minimum atomic E-state index is -1.91. The van der Waals surface area contributed by atoms with Crippen LogP contribution in [0, 0.1) is 0 Å². The van der Waals surface area contributed by atoms with E-state index in [9.17, 15) is 5.11 Å². The molecule has 3 nitrogen and oxygen atoms in total. The summed E-state index contributed by atoms with van der Waals surface area (Å²) in [6.45, 7) is 12.2. The number of hydrogen-bond acceptors (Lipinski definition) is 4. The van der Waals surface area contributed by atoms with Crippen LogP contribution >= 0.6 is 11.8 Å². The van der Waals surface area contributed by atoms with E-state index in [-0.39, 0.29) is 11.1 Å². The molecule has 0 spiro atoms. The highest BCUT2D eigenvalue weighted by molar-refractivity contribution is 7.99. The lowest BCUT2D eigenvalue weighted by Gasteiger charge is -2.39. The highest BCUT2D eigenvalue weighted by Crippen LogP contribution is 2.38. The molecule has 0 radical (unpaired) electrons. The van der Waals surface area contributed by atoms with E-state index in [1.54, 1.807) is 0 Å². The van der Waals surface area contributed by atoms with Crippen LogP contribution < -0.4 is 0 Å². The summed E-state index contributed by atoms with van der Waals surface area (Å²) in [4.78, 5) is 1.27. The lowest BCUT2D eigenvalue weighted by atomic mass is 10.1. The first-order valence-corrected chi connectivity index (χ1v) is 14.7. The molecule has 0 aliphatic heterocycles. The van der Waals surface area contributed by atoms with E-state index < -0.39 is 14.4 Å². The van der Waals surface area contributed by atoms with Crippen LogP contribution in [0.3, 0.4) is 0 Å². The molecule has 2 aromatic rings. The Morgan fingerprint density at radius 3 is 2.17 bits per heavy atom. The third-order valence-electron chi connectivity index (χ3n) is 5.68. The van der Waals surface area contributed by atoms with Gasteiger partial charge in [-0.1, -0.05) is 69.3 Å². The molecular weight excluding hydrogens is 408 g/mol. The molecule has 2 aromatic carbocycles. The standard InChI is InChI=1S/C25H38O3SSi/c1-25(2,3)30(4,5)28-23(16-17-29-24-14-10-7-11-15-24)18-22(26)20-27-19-21-12-8-6-9-13-21/h6-15,22-23,26H,16-20H2,1-5H3/t22-,23+/m1/s1. The molecule has 0 aromatic heterocycles. The fourth-order valence-electron chi connectivity index (χ4n) is 2.90. The van der Waals surface area contributed by atoms with Crippen molar-refractivity contribution in [2.45, 2.75) is 75.5 Å². The molecule has 30 heavy (non-hydrogen) atoms. The maximum absolute atomic E-state index is 10.6. The lowest BCUT2D eigenvalue weighted by Crippen LogP contribution is -2.45. The summed E-state index contributed by atoms with van der Waals surface area (Å²) in [7, 11) is -1.91. The van der Waals surface area contributed by atoms with Crippen LogP contribution in [0.2, 0.25) is 18.1 Å². The summed E-state index contributed by atoms with van der Waals surface area (Å²) < 4.78 is 12.4. The Balaban J connectivity index is 1.88. The van der Waals surface area contributed by atoms with Gasteiger partial charge in [-0.05, 0) is 42.2 Å². The summed E-state index contributed by atoms with van der Waals surface area (Å²) >= 11 is 1.85. The number of ether oxygens (including phenoxy) is 1. The predicted octanol–water partition coefficient (Wildman–Crippen LogP) is 6.53. The van der Waals surface area contributed by atoms with E-state index in [2.05, 4.69) is 58.1 Å². The van der Waals surface area contributed by atoms with Crippen molar-refractivity contribution in [2.24, 2.45) is 0 Å². The molecule has 0 heterocycles. The fraction of sp³-hybridized carbons (Fsp3) is 0.520. The summed E-state index contributed by atoms with van der Waals surface area (Å²) in [5.74, 6) is 0.973. The van der Waals surface area contributed by atoms with E-state index in [1.165, 1.54) is 4.90 Å². The van der Waals surface area contributed by atoms with Crippen molar-refractivity contribution in [1.29, 1.82) is 0 Å². The maximum atomic E-state index is 10.6. The normalized spacial score (nSPS) is 14.5. The van der Waals surface area contributed by atoms with Crippen molar-refractivity contribution in [1.82, 2.24) is 0 Å². The van der Waals surface area contributed by atoms with Gasteiger partial charge in [0.1, 0.15) is 0 Å². The van der Waals surface area contributed by atoms with Gasteiger partial charge < -0.3 is 14.3 Å². The number of rotatable bonds is 12. The van der Waals surface area contributed by atoms with Crippen LogP contribution in [0.1, 0.15) is 39.2 Å². The zero-order valence-corrected chi connectivity index (χ0v) is 21.0. The maximum Gasteiger partial charge on any atom is 0.192 e. The summed E-state index contributed by atoms with van der Waals surface area (Å²) in [6, 6.07) is 20.5. The van der Waals surface area contributed by atoms with Crippen molar-refractivity contribution in [3.05, 3.63) is 66.2 Å². The molecule has 166 valence electrons. The first kappa shape index (κ1) is 25.2. The molecule has 0 aliphatic carbocycles. The van der Waals surface area contributed by atoms with Crippen molar-refractivity contribution >= 4 is 20.1 Å². The number of benzene rings is 2. The zero-order chi connectivity index (χ0) is 22.0. The topological polar surface area (TPSA) is 38.7 Å². The van der Waals surface area contributed by atoms with Crippen LogP contribution in [-0.4, -0.2) is 38.0 Å². The molecule has 0 unspecified atom stereocenters. The third-order valence-corrected chi connectivity index (χ3v) is 11.3. The molecule has 0 aliphatic rings. The Hall–Kier alpha value is -1.11. The number of hydrogen-bond donors (Lipinski definition) is 1. The Bertz CT molecular complexity index is 716. The van der Waals surface area contributed by atoms with Gasteiger partial charge in [-0.15, -0.1) is 11.8 Å². The van der Waals surface area contributed by atoms with Crippen LogP contribution in [0.5, 0.6) is 0 Å². The lowest BCUT2D eigenvalue weighted by molar-refractivity contribution is 0.00298. The first-order valence-electron chi connectivity index (χ1n) is 10.8. The molecular formula is C25H38O3SSi. The van der Waals surface area contributed by atoms with Crippen molar-refractivity contribution in [2.75, 3.05) is 12.4 Å². The summed E-state index contributed by atoms with van der Waals surface area (Å²) in [6.07, 6.45) is 1.04. The molecule has 0 bridgehead atoms. The highest BCUT2D eigenvalue weighted by Gasteiger charge is 2.39. The number of aliphatic hydroxyl groups is 1. The van der Waals surface area contributed by atoms with E-state index in [4.69, 9.17) is 9.16 Å². The number of thioether (sulfide) groups is 1. The van der Waals surface area contributed by atoms with Crippen LogP contribution in [0.25, 0.3) is 0 Å². The van der Waals surface area contributed by atoms with E-state index in [1.807, 2.05) is 48.2 Å². The first-order chi connectivity index (χ1) is 14.2. The van der Waals surface area contributed by atoms with Gasteiger partial charge in [-0.3, -0.25) is 0 Å². The van der Waals surface area contributed by atoms with Crippen molar-refractivity contribution in [3.63, 3.8) is 0 Å². The molecule has 0 fully saturated rings. The van der Waals surface area contributed by atoms with Crippen molar-refractivity contribution < 1.29 is 14.3 Å². The largest absolute Gasteiger partial charge is 0.414 e. The molecule has 0 amide bonds. The van der Waals surface area contributed by atoms with E-state index in [0.717, 1.165) is 17.7 Å². The highest BCUT2D eigenvalue weighted by atomic mass is 32.2. The van der Waals surface area contributed by atoms with Gasteiger partial charge in [0.25, 0.3) is 0 Å². The Labute approximate surface area is 188 Å². The van der Waals surface area contributed by atoms with Gasteiger partial charge >= 0.3 is 0 Å². The molecule has 2 rings (SSSR count). The molecule has 5 heteroatoms. The minimum Gasteiger partial charge on any atom is -0.414 e. The average molecular weight is 447 g/mol. The van der Waals surface area contributed by atoms with Crippen molar-refractivity contribution in [3.8, 4) is 0 Å². The van der Waals surface area contributed by atoms with Gasteiger partial charge in [0.2, 0.25) is 0 Å². The average Bonchev–Trinajstić information content (AvgIpc) is 2.68. The minimum absolute atomic E-state index is 0.0393. The van der Waals surface area contributed by atoms with E-state index >= 15 is 0 Å². The Morgan fingerprint density at radius 1 is 0.967 bits per heavy atom. The molecule has 0 saturated carbocycles. The zero-order valence-electron chi connectivity index (χ0n) is 19.1. The van der Waals surface area contributed by atoms with Crippen LogP contribution in [0.15, 0.2) is 65.6 Å². The smallest absolute Gasteiger partial charge is 0.192 e. The number of aliphatic hydroxyl groups excluding tert-OH is 1. The second-order valence-electron chi connectivity index (χ2n) is 9.34. The quantitative estimate of drug-likeness (QED) is 0.297. The monoisotopic (exact) mass is 446 g/mol. The molecule has 1 N–H and O–H groups in total. The SMILES string of the molecule is CC(C)(C)[Si](C)(C)O[C@@H](CCSc1ccccc1)C[C@@H](O)COCc1ccccc1. The summed E-state index contributed by atoms with van der Waals surface area (Å²) in [5.41, 5.74) is 1.12. The predicted molar refractivity (Wildman–Crippen MR) is 131 cm³/mol. The second-order valence-corrected chi connectivity index (χ2v) is 15.3. The van der Waals surface area contributed by atoms with Crippen LogP contribution in [0.4, 0.5) is 0 Å². The Kier molecular flexibility index (Phi) is 10.1. The Morgan fingerprint density at radius 2 is 1.57 bits per heavy atom. The van der Waals surface area contributed by atoms with Gasteiger partial charge in [-0.2, -0.15) is 0 Å². The van der Waals surface area contributed by atoms with E-state index in [0.29, 0.717) is 19.6 Å². The van der Waals surface area contributed by atoms with Gasteiger partial charge in [0.05, 0.1) is 19.3 Å². The summed E-state index contributed by atoms with van der Waals surface area (Å²) in [5, 5.41) is 10.8. The van der Waals surface area contributed by atoms with Gasteiger partial charge in [0.15, 0.2) is 8.32 Å². The third kappa shape index (κ3) is 8.94. The molecule has 2 atom stereocenters. The molecule has 0 saturated heterocycles. The fourth-order valence-corrected chi connectivity index (χ4v) is 5.27. The van der Waals surface area contributed by atoms with Crippen LogP contribution in [-0.2, 0) is 15.8 Å². The van der Waals surface area contributed by atoms with Gasteiger partial charge in [-0.25, -0.2) is 0 Å².